The van der Waals surface area contributed by atoms with Crippen molar-refractivity contribution < 1.29 is 38.9 Å². The fourth-order valence-corrected chi connectivity index (χ4v) is 2.63. The summed E-state index contributed by atoms with van der Waals surface area (Å²) in [7, 11) is 0. The third-order valence-electron chi connectivity index (χ3n) is 4.63. The fraction of sp³-hybridized carbons (Fsp3) is 0.417. The smallest absolute Gasteiger partial charge is 0.295 e. The van der Waals surface area contributed by atoms with Gasteiger partial charge in [0.1, 0.15) is 0 Å². The summed E-state index contributed by atoms with van der Waals surface area (Å²) in [5, 5.41) is 0. The van der Waals surface area contributed by atoms with Crippen LogP contribution in [0.1, 0.15) is 48.9 Å². The Hall–Kier alpha value is -2.78. The van der Waals surface area contributed by atoms with Crippen molar-refractivity contribution in [1.29, 1.82) is 0 Å². The number of carbonyl (C=O) groups excluding carboxylic acids is 2. The van der Waals surface area contributed by atoms with Crippen LogP contribution in [0.2, 0.25) is 0 Å². The quantitative estimate of drug-likeness (QED) is 0.253. The number of aryl methyl sites for hydroxylation is 2. The molecular weight excluding hydrogens is 416 g/mol. The molecule has 8 nitrogen and oxygen atoms in total. The first-order valence-electron chi connectivity index (χ1n) is 10.6. The number of hydrogen-bond donors (Lipinski definition) is 0. The minimum absolute atomic E-state index is 0.0709. The second-order valence-corrected chi connectivity index (χ2v) is 7.18. The molecule has 2 rings (SSSR count). The molecule has 0 aromatic heterocycles. The van der Waals surface area contributed by atoms with E-state index in [4.69, 9.17) is 29.3 Å². The molecule has 0 aliphatic rings. The topological polar surface area (TPSA) is 89.5 Å². The van der Waals surface area contributed by atoms with Gasteiger partial charge in [-0.25, -0.2) is 9.59 Å². The third-order valence-corrected chi connectivity index (χ3v) is 4.63. The van der Waals surface area contributed by atoms with Crippen LogP contribution in [0.5, 0.6) is 0 Å². The van der Waals surface area contributed by atoms with E-state index in [0.29, 0.717) is 12.8 Å². The molecule has 2 aromatic carbocycles. The molecule has 0 aliphatic heterocycles. The highest BCUT2D eigenvalue weighted by molar-refractivity contribution is 5.72. The van der Waals surface area contributed by atoms with Gasteiger partial charge in [-0.15, -0.1) is 9.78 Å². The maximum atomic E-state index is 12.0. The van der Waals surface area contributed by atoms with E-state index in [0.717, 1.165) is 22.3 Å². The zero-order valence-electron chi connectivity index (χ0n) is 18.9. The SMILES string of the molecule is CCC(OOC(=O)Cc1ccccc1C)OOC(CC)OOC(=O)Cc1ccccc1C. The largest absolute Gasteiger partial charge is 0.346 e. The van der Waals surface area contributed by atoms with Crippen LogP contribution in [0.15, 0.2) is 48.5 Å². The van der Waals surface area contributed by atoms with E-state index in [1.54, 1.807) is 13.8 Å². The van der Waals surface area contributed by atoms with Gasteiger partial charge >= 0.3 is 11.9 Å². The van der Waals surface area contributed by atoms with Crippen molar-refractivity contribution in [3.8, 4) is 0 Å². The average molecular weight is 446 g/mol. The number of rotatable bonds is 13. The Labute approximate surface area is 188 Å². The fourth-order valence-electron chi connectivity index (χ4n) is 2.63. The van der Waals surface area contributed by atoms with Gasteiger partial charge in [0.2, 0.25) is 12.6 Å². The summed E-state index contributed by atoms with van der Waals surface area (Å²) < 4.78 is 0. The average Bonchev–Trinajstić information content (AvgIpc) is 2.79. The van der Waals surface area contributed by atoms with E-state index < -0.39 is 24.5 Å². The van der Waals surface area contributed by atoms with Gasteiger partial charge in [-0.3, -0.25) is 9.78 Å². The Morgan fingerprint density at radius 1 is 0.656 bits per heavy atom. The van der Waals surface area contributed by atoms with Gasteiger partial charge in [-0.05, 0) is 36.1 Å². The summed E-state index contributed by atoms with van der Waals surface area (Å²) in [6.07, 6.45) is -1.14. The lowest BCUT2D eigenvalue weighted by Gasteiger charge is -2.18. The van der Waals surface area contributed by atoms with Crippen molar-refractivity contribution in [2.45, 2.75) is 66.0 Å². The van der Waals surface area contributed by atoms with Gasteiger partial charge in [-0.1, -0.05) is 62.4 Å². The molecule has 8 heteroatoms. The first-order valence-corrected chi connectivity index (χ1v) is 10.6. The third kappa shape index (κ3) is 8.76. The zero-order valence-corrected chi connectivity index (χ0v) is 18.9. The van der Waals surface area contributed by atoms with Gasteiger partial charge < -0.3 is 0 Å². The summed E-state index contributed by atoms with van der Waals surface area (Å²) in [6.45, 7) is 7.34. The highest BCUT2D eigenvalue weighted by atomic mass is 17.3. The predicted octanol–water partition coefficient (Wildman–Crippen LogP) is 4.46. The first-order chi connectivity index (χ1) is 15.4. The molecule has 2 unspecified atom stereocenters. The molecule has 0 heterocycles. The van der Waals surface area contributed by atoms with Crippen molar-refractivity contribution in [3.05, 3.63) is 70.8 Å². The molecule has 0 radical (unpaired) electrons. The molecule has 0 N–H and O–H groups in total. The molecule has 0 spiro atoms. The van der Waals surface area contributed by atoms with Crippen molar-refractivity contribution in [3.63, 3.8) is 0 Å². The van der Waals surface area contributed by atoms with Crippen LogP contribution >= 0.6 is 0 Å². The lowest BCUT2D eigenvalue weighted by molar-refractivity contribution is -0.506. The summed E-state index contributed by atoms with van der Waals surface area (Å²) in [6, 6.07) is 15.0. The van der Waals surface area contributed by atoms with Crippen LogP contribution in [0.25, 0.3) is 0 Å². The molecule has 32 heavy (non-hydrogen) atoms. The van der Waals surface area contributed by atoms with Crippen molar-refractivity contribution in [2.75, 3.05) is 0 Å². The summed E-state index contributed by atoms with van der Waals surface area (Å²) in [5.41, 5.74) is 3.66. The van der Waals surface area contributed by atoms with Gasteiger partial charge in [0.15, 0.2) is 0 Å². The molecule has 0 amide bonds. The van der Waals surface area contributed by atoms with E-state index in [2.05, 4.69) is 0 Å². The Kier molecular flexibility index (Phi) is 10.8. The van der Waals surface area contributed by atoms with Gasteiger partial charge in [0, 0.05) is 12.8 Å². The molecule has 2 aromatic rings. The Bertz CT molecular complexity index is 795. The van der Waals surface area contributed by atoms with E-state index in [1.165, 1.54) is 0 Å². The number of benzene rings is 2. The Morgan fingerprint density at radius 2 is 1.03 bits per heavy atom. The summed E-state index contributed by atoms with van der Waals surface area (Å²) in [4.78, 5) is 53.9. The molecule has 0 saturated carbocycles. The minimum Gasteiger partial charge on any atom is -0.295 e. The van der Waals surface area contributed by atoms with E-state index in [1.807, 2.05) is 62.4 Å². The van der Waals surface area contributed by atoms with E-state index >= 15 is 0 Å². The van der Waals surface area contributed by atoms with Gasteiger partial charge in [-0.2, -0.15) is 9.78 Å². The van der Waals surface area contributed by atoms with Crippen LogP contribution in [0, 0.1) is 13.8 Å². The Morgan fingerprint density at radius 3 is 1.38 bits per heavy atom. The normalized spacial score (nSPS) is 12.8. The highest BCUT2D eigenvalue weighted by Crippen LogP contribution is 2.12. The second kappa shape index (κ2) is 13.6. The Balaban J connectivity index is 1.71. The molecule has 2 atom stereocenters. The summed E-state index contributed by atoms with van der Waals surface area (Å²) >= 11 is 0. The maximum Gasteiger partial charge on any atom is 0.346 e. The molecule has 0 saturated heterocycles. The van der Waals surface area contributed by atoms with Crippen LogP contribution in [-0.2, 0) is 51.8 Å². The first kappa shape index (κ1) is 25.5. The molecule has 0 bridgehead atoms. The standard InChI is InChI=1S/C24H30O8/c1-5-23(29-27-21(25)15-19-13-9-7-11-17(19)3)31-32-24(6-2)30-28-22(26)16-20-14-10-8-12-18(20)4/h7-14,23-24H,5-6,15-16H2,1-4H3. The highest BCUT2D eigenvalue weighted by Gasteiger charge is 2.19. The van der Waals surface area contributed by atoms with Crippen LogP contribution in [-0.4, -0.2) is 24.5 Å². The van der Waals surface area contributed by atoms with E-state index in [-0.39, 0.29) is 12.8 Å². The lowest BCUT2D eigenvalue weighted by atomic mass is 10.1. The molecular formula is C24H30O8. The van der Waals surface area contributed by atoms with Gasteiger partial charge in [0.05, 0.1) is 12.8 Å². The zero-order chi connectivity index (χ0) is 23.3. The van der Waals surface area contributed by atoms with Crippen LogP contribution in [0.3, 0.4) is 0 Å². The predicted molar refractivity (Wildman–Crippen MR) is 114 cm³/mol. The van der Waals surface area contributed by atoms with Crippen LogP contribution in [0.4, 0.5) is 0 Å². The van der Waals surface area contributed by atoms with Crippen molar-refractivity contribution in [2.24, 2.45) is 0 Å². The molecule has 0 fully saturated rings. The monoisotopic (exact) mass is 446 g/mol. The van der Waals surface area contributed by atoms with Crippen LogP contribution < -0.4 is 0 Å². The maximum absolute atomic E-state index is 12.0. The van der Waals surface area contributed by atoms with Gasteiger partial charge in [0.25, 0.3) is 0 Å². The summed E-state index contributed by atoms with van der Waals surface area (Å²) in [5.74, 6) is -1.12. The lowest BCUT2D eigenvalue weighted by Crippen LogP contribution is -2.26. The number of carbonyl (C=O) groups is 2. The number of hydrogen-bond acceptors (Lipinski definition) is 8. The van der Waals surface area contributed by atoms with Crippen molar-refractivity contribution >= 4 is 11.9 Å². The van der Waals surface area contributed by atoms with Crippen molar-refractivity contribution in [1.82, 2.24) is 0 Å². The molecule has 174 valence electrons. The second-order valence-electron chi connectivity index (χ2n) is 7.18. The minimum atomic E-state index is -0.976. The molecule has 0 aliphatic carbocycles. The van der Waals surface area contributed by atoms with E-state index in [9.17, 15) is 9.59 Å².